The highest BCUT2D eigenvalue weighted by atomic mass is 32.2. The zero-order valence-corrected chi connectivity index (χ0v) is 23.5. The van der Waals surface area contributed by atoms with Crippen molar-refractivity contribution in [2.24, 2.45) is 5.92 Å². The Morgan fingerprint density at radius 3 is 2.11 bits per heavy atom. The van der Waals surface area contributed by atoms with Gasteiger partial charge >= 0.3 is 0 Å². The first-order chi connectivity index (χ1) is 17.3. The summed E-state index contributed by atoms with van der Waals surface area (Å²) >= 11 is 1.41. The second kappa shape index (κ2) is 11.4. The summed E-state index contributed by atoms with van der Waals surface area (Å²) in [7, 11) is -3.96. The molecule has 37 heavy (non-hydrogen) atoms. The van der Waals surface area contributed by atoms with Gasteiger partial charge in [-0.15, -0.1) is 11.8 Å². The number of sulfonamides is 1. The molecule has 0 aliphatic rings. The molecular weight excluding hydrogens is 506 g/mol. The van der Waals surface area contributed by atoms with E-state index < -0.39 is 10.0 Å². The van der Waals surface area contributed by atoms with Crippen LogP contribution < -0.4 is 15.4 Å². The van der Waals surface area contributed by atoms with Crippen molar-refractivity contribution in [2.45, 2.75) is 49.8 Å². The third-order valence-electron chi connectivity index (χ3n) is 5.65. The minimum atomic E-state index is -3.96. The topological polar surface area (TPSA) is 104 Å². The molecule has 3 N–H and O–H groups in total. The maximum atomic E-state index is 13.1. The second-order valence-corrected chi connectivity index (χ2v) is 12.5. The van der Waals surface area contributed by atoms with Crippen LogP contribution in [0, 0.1) is 5.92 Å². The molecule has 0 fully saturated rings. The van der Waals surface area contributed by atoms with E-state index in [1.165, 1.54) is 23.9 Å². The van der Waals surface area contributed by atoms with Crippen LogP contribution in [0.1, 0.15) is 50.5 Å². The first-order valence-electron chi connectivity index (χ1n) is 11.8. The molecule has 0 saturated heterocycles. The maximum Gasteiger partial charge on any atom is 0.261 e. The summed E-state index contributed by atoms with van der Waals surface area (Å²) in [6.45, 7) is 9.85. The van der Waals surface area contributed by atoms with Gasteiger partial charge in [-0.05, 0) is 65.8 Å². The third kappa shape index (κ3) is 7.36. The van der Waals surface area contributed by atoms with Crippen LogP contribution in [0.5, 0.6) is 0 Å². The van der Waals surface area contributed by atoms with Crippen LogP contribution in [0.25, 0.3) is 0 Å². The van der Waals surface area contributed by atoms with Gasteiger partial charge in [-0.1, -0.05) is 52.8 Å². The van der Waals surface area contributed by atoms with Gasteiger partial charge in [0.2, 0.25) is 5.91 Å². The number of hydrogen-bond donors (Lipinski definition) is 3. The van der Waals surface area contributed by atoms with Gasteiger partial charge in [-0.25, -0.2) is 8.42 Å². The SMILES string of the molecule is CSc1ccc(S(=O)(=O)Nc2cccc(NC(=O)c3ccc(C(C)(C)C)cc3)c2)cc1NC(=O)C(C)C. The average molecular weight is 540 g/mol. The van der Waals surface area contributed by atoms with Gasteiger partial charge in [0, 0.05) is 22.1 Å². The minimum Gasteiger partial charge on any atom is -0.325 e. The minimum absolute atomic E-state index is 0.0118. The lowest BCUT2D eigenvalue weighted by Crippen LogP contribution is -2.19. The van der Waals surface area contributed by atoms with E-state index in [0.29, 0.717) is 22.6 Å². The molecule has 3 rings (SSSR count). The number of rotatable bonds is 8. The summed E-state index contributed by atoms with van der Waals surface area (Å²) in [4.78, 5) is 25.7. The molecule has 7 nitrogen and oxygen atoms in total. The number of benzene rings is 3. The van der Waals surface area contributed by atoms with Crippen LogP contribution in [-0.2, 0) is 20.2 Å². The van der Waals surface area contributed by atoms with Crippen LogP contribution >= 0.6 is 11.8 Å². The van der Waals surface area contributed by atoms with Gasteiger partial charge in [0.25, 0.3) is 15.9 Å². The normalized spacial score (nSPS) is 11.8. The van der Waals surface area contributed by atoms with E-state index in [1.54, 1.807) is 56.3 Å². The van der Waals surface area contributed by atoms with Gasteiger partial charge in [-0.2, -0.15) is 0 Å². The van der Waals surface area contributed by atoms with Crippen molar-refractivity contribution >= 4 is 50.7 Å². The first kappa shape index (κ1) is 28.3. The molecule has 0 bridgehead atoms. The van der Waals surface area contributed by atoms with Gasteiger partial charge in [-0.3, -0.25) is 14.3 Å². The summed E-state index contributed by atoms with van der Waals surface area (Å²) in [6.07, 6.45) is 1.85. The Balaban J connectivity index is 1.78. The Bertz CT molecular complexity index is 1390. The molecule has 0 saturated carbocycles. The fraction of sp³-hybridized carbons (Fsp3) is 0.286. The van der Waals surface area contributed by atoms with Crippen LogP contribution in [0.3, 0.4) is 0 Å². The molecule has 2 amide bonds. The van der Waals surface area contributed by atoms with Crippen molar-refractivity contribution in [2.75, 3.05) is 21.6 Å². The highest BCUT2D eigenvalue weighted by Gasteiger charge is 2.19. The number of thioether (sulfide) groups is 1. The lowest BCUT2D eigenvalue weighted by atomic mass is 9.87. The fourth-order valence-corrected chi connectivity index (χ4v) is 5.04. The second-order valence-electron chi connectivity index (χ2n) is 9.97. The zero-order chi connectivity index (χ0) is 27.4. The lowest BCUT2D eigenvalue weighted by Gasteiger charge is -2.19. The number of hydrogen-bond acceptors (Lipinski definition) is 5. The highest BCUT2D eigenvalue weighted by molar-refractivity contribution is 7.98. The number of anilines is 3. The Hall–Kier alpha value is -3.30. The van der Waals surface area contributed by atoms with Gasteiger partial charge in [0.05, 0.1) is 16.3 Å². The van der Waals surface area contributed by atoms with Crippen LogP contribution in [0.2, 0.25) is 0 Å². The molecule has 0 heterocycles. The molecule has 9 heteroatoms. The lowest BCUT2D eigenvalue weighted by molar-refractivity contribution is -0.118. The van der Waals surface area contributed by atoms with Crippen LogP contribution in [-0.4, -0.2) is 26.5 Å². The molecular formula is C28H33N3O4S2. The molecule has 0 unspecified atom stereocenters. The Morgan fingerprint density at radius 1 is 0.865 bits per heavy atom. The summed E-state index contributed by atoms with van der Waals surface area (Å²) in [5.41, 5.74) is 2.79. The van der Waals surface area contributed by atoms with Crippen molar-refractivity contribution in [3.05, 3.63) is 77.9 Å². The number of carbonyl (C=O) groups is 2. The Morgan fingerprint density at radius 2 is 1.51 bits per heavy atom. The quantitative estimate of drug-likeness (QED) is 0.289. The molecule has 0 atom stereocenters. The summed E-state index contributed by atoms with van der Waals surface area (Å²) < 4.78 is 28.8. The maximum absolute atomic E-state index is 13.1. The van der Waals surface area contributed by atoms with Crippen molar-refractivity contribution < 1.29 is 18.0 Å². The molecule has 0 radical (unpaired) electrons. The van der Waals surface area contributed by atoms with Crippen molar-refractivity contribution in [3.63, 3.8) is 0 Å². The van der Waals surface area contributed by atoms with Crippen molar-refractivity contribution in [1.29, 1.82) is 0 Å². The van der Waals surface area contributed by atoms with Gasteiger partial charge < -0.3 is 10.6 Å². The predicted octanol–water partition coefficient (Wildman–Crippen LogP) is 6.35. The first-order valence-corrected chi connectivity index (χ1v) is 14.5. The molecule has 0 aliphatic heterocycles. The Labute approximate surface area is 223 Å². The number of carbonyl (C=O) groups excluding carboxylic acids is 2. The van der Waals surface area contributed by atoms with Gasteiger partial charge in [0.1, 0.15) is 0 Å². The third-order valence-corrected chi connectivity index (χ3v) is 7.82. The monoisotopic (exact) mass is 539 g/mol. The predicted molar refractivity (Wildman–Crippen MR) is 152 cm³/mol. The molecule has 0 aliphatic carbocycles. The van der Waals surface area contributed by atoms with E-state index in [-0.39, 0.29) is 28.0 Å². The highest BCUT2D eigenvalue weighted by Crippen LogP contribution is 2.30. The van der Waals surface area contributed by atoms with Crippen molar-refractivity contribution in [3.8, 4) is 0 Å². The number of nitrogens with one attached hydrogen (secondary N) is 3. The zero-order valence-electron chi connectivity index (χ0n) is 21.9. The van der Waals surface area contributed by atoms with Crippen LogP contribution in [0.4, 0.5) is 17.1 Å². The molecule has 3 aromatic carbocycles. The standard InChI is InChI=1S/C28H33N3O4S2/c1-18(2)26(32)30-24-17-23(14-15-25(24)36-6)37(34,35)31-22-9-7-8-21(16-22)29-27(33)19-10-12-20(13-11-19)28(3,4)5/h7-18,31H,1-6H3,(H,29,33)(H,30,32). The Kier molecular flexibility index (Phi) is 8.71. The van der Waals surface area contributed by atoms with E-state index in [9.17, 15) is 18.0 Å². The van der Waals surface area contributed by atoms with E-state index in [1.807, 2.05) is 18.4 Å². The largest absolute Gasteiger partial charge is 0.325 e. The van der Waals surface area contributed by atoms with Crippen LogP contribution in [0.15, 0.2) is 76.5 Å². The van der Waals surface area contributed by atoms with E-state index >= 15 is 0 Å². The summed E-state index contributed by atoms with van der Waals surface area (Å²) in [5, 5.41) is 5.61. The smallest absolute Gasteiger partial charge is 0.261 e. The fourth-order valence-electron chi connectivity index (χ4n) is 3.43. The van der Waals surface area contributed by atoms with E-state index in [4.69, 9.17) is 0 Å². The molecule has 0 aromatic heterocycles. The van der Waals surface area contributed by atoms with E-state index in [0.717, 1.165) is 10.5 Å². The molecule has 0 spiro atoms. The molecule has 196 valence electrons. The summed E-state index contributed by atoms with van der Waals surface area (Å²) in [6, 6.07) is 18.5. The van der Waals surface area contributed by atoms with E-state index in [2.05, 4.69) is 36.1 Å². The molecule has 3 aromatic rings. The number of amides is 2. The average Bonchev–Trinajstić information content (AvgIpc) is 2.83. The van der Waals surface area contributed by atoms with Crippen molar-refractivity contribution in [1.82, 2.24) is 0 Å². The van der Waals surface area contributed by atoms with Gasteiger partial charge in [0.15, 0.2) is 0 Å². The summed E-state index contributed by atoms with van der Waals surface area (Å²) in [5.74, 6) is -0.740.